The highest BCUT2D eigenvalue weighted by Gasteiger charge is 2.35. The molecule has 0 atom stereocenters. The predicted octanol–water partition coefficient (Wildman–Crippen LogP) is 2.24. The molecule has 3 amide bonds. The molecule has 6 nitrogen and oxygen atoms in total. The quantitative estimate of drug-likeness (QED) is 0.875. The van der Waals surface area contributed by atoms with E-state index in [-0.39, 0.29) is 18.1 Å². The molecule has 1 aliphatic heterocycles. The van der Waals surface area contributed by atoms with Gasteiger partial charge in [-0.15, -0.1) is 0 Å². The molecule has 1 heterocycles. The molecule has 2 aromatic carbocycles. The fourth-order valence-electron chi connectivity index (χ4n) is 2.55. The Kier molecular flexibility index (Phi) is 4.04. The van der Waals surface area contributed by atoms with Gasteiger partial charge in [-0.3, -0.25) is 19.3 Å². The normalized spacial score (nSPS) is 13.0. The summed E-state index contributed by atoms with van der Waals surface area (Å²) >= 11 is 0. The van der Waals surface area contributed by atoms with Gasteiger partial charge in [0.05, 0.1) is 16.8 Å². The van der Waals surface area contributed by atoms with Gasteiger partial charge in [0.2, 0.25) is 0 Å². The van der Waals surface area contributed by atoms with Crippen LogP contribution in [-0.2, 0) is 4.79 Å². The van der Waals surface area contributed by atoms with E-state index in [1.54, 1.807) is 24.3 Å². The van der Waals surface area contributed by atoms with Gasteiger partial charge in [0.15, 0.2) is 6.61 Å². The van der Waals surface area contributed by atoms with Gasteiger partial charge in [0.1, 0.15) is 5.75 Å². The molecule has 0 aliphatic carbocycles. The van der Waals surface area contributed by atoms with Crippen molar-refractivity contribution in [2.75, 3.05) is 19.0 Å². The number of nitrogens with one attached hydrogen (secondary N) is 1. The lowest BCUT2D eigenvalue weighted by atomic mass is 10.1. The molecule has 0 bridgehead atoms. The summed E-state index contributed by atoms with van der Waals surface area (Å²) in [6, 6.07) is 12.1. The van der Waals surface area contributed by atoms with Crippen LogP contribution in [0.4, 0.5) is 5.69 Å². The highest BCUT2D eigenvalue weighted by Crippen LogP contribution is 2.28. The van der Waals surface area contributed by atoms with Gasteiger partial charge in [-0.25, -0.2) is 0 Å². The van der Waals surface area contributed by atoms with Gasteiger partial charge in [-0.2, -0.15) is 0 Å². The maximum atomic E-state index is 12.1. The van der Waals surface area contributed by atoms with Gasteiger partial charge < -0.3 is 10.1 Å². The Labute approximate surface area is 139 Å². The van der Waals surface area contributed by atoms with E-state index in [0.29, 0.717) is 17.0 Å². The second-order valence-electron chi connectivity index (χ2n) is 5.55. The van der Waals surface area contributed by atoms with Crippen LogP contribution in [0.5, 0.6) is 5.75 Å². The molecule has 0 radical (unpaired) electrons. The summed E-state index contributed by atoms with van der Waals surface area (Å²) in [4.78, 5) is 37.2. The summed E-state index contributed by atoms with van der Waals surface area (Å²) in [6.45, 7) is 1.74. The minimum absolute atomic E-state index is 0.189. The number of carbonyl (C=O) groups is 3. The van der Waals surface area contributed by atoms with Crippen molar-refractivity contribution in [1.82, 2.24) is 4.90 Å². The molecule has 0 aromatic heterocycles. The molecular formula is C18H16N2O4. The highest BCUT2D eigenvalue weighted by atomic mass is 16.5. The summed E-state index contributed by atoms with van der Waals surface area (Å²) in [5.41, 5.74) is 1.85. The molecule has 24 heavy (non-hydrogen) atoms. The van der Waals surface area contributed by atoms with E-state index in [2.05, 4.69) is 5.32 Å². The first kappa shape index (κ1) is 15.7. The lowest BCUT2D eigenvalue weighted by molar-refractivity contribution is -0.118. The SMILES string of the molecule is Cc1cccc(OCC(=O)Nc2cccc3c2C(=O)N(C)C3=O)c1. The van der Waals surface area contributed by atoms with E-state index < -0.39 is 11.8 Å². The smallest absolute Gasteiger partial charge is 0.263 e. The summed E-state index contributed by atoms with van der Waals surface area (Å²) < 4.78 is 5.43. The lowest BCUT2D eigenvalue weighted by Crippen LogP contribution is -2.25. The molecule has 2 aromatic rings. The van der Waals surface area contributed by atoms with E-state index >= 15 is 0 Å². The van der Waals surface area contributed by atoms with Crippen LogP contribution in [0.15, 0.2) is 42.5 Å². The van der Waals surface area contributed by atoms with Crippen molar-refractivity contribution < 1.29 is 19.1 Å². The first-order valence-electron chi connectivity index (χ1n) is 7.42. The van der Waals surface area contributed by atoms with Gasteiger partial charge in [0.25, 0.3) is 17.7 Å². The number of fused-ring (bicyclic) bond motifs is 1. The number of nitrogens with zero attached hydrogens (tertiary/aromatic N) is 1. The summed E-state index contributed by atoms with van der Waals surface area (Å²) in [5, 5.41) is 2.64. The summed E-state index contributed by atoms with van der Waals surface area (Å²) in [6.07, 6.45) is 0. The van der Waals surface area contributed by atoms with E-state index in [1.807, 2.05) is 25.1 Å². The third kappa shape index (κ3) is 2.86. The van der Waals surface area contributed by atoms with Crippen LogP contribution in [0.25, 0.3) is 0 Å². The van der Waals surface area contributed by atoms with Crippen LogP contribution < -0.4 is 10.1 Å². The lowest BCUT2D eigenvalue weighted by Gasteiger charge is -2.10. The van der Waals surface area contributed by atoms with Crippen molar-refractivity contribution in [3.05, 3.63) is 59.2 Å². The average molecular weight is 324 g/mol. The average Bonchev–Trinajstić information content (AvgIpc) is 2.79. The molecule has 0 saturated carbocycles. The first-order chi connectivity index (χ1) is 11.5. The number of aryl methyl sites for hydroxylation is 1. The van der Waals surface area contributed by atoms with Crippen LogP contribution in [0.2, 0.25) is 0 Å². The van der Waals surface area contributed by atoms with Crippen LogP contribution in [0, 0.1) is 6.92 Å². The molecule has 1 N–H and O–H groups in total. The topological polar surface area (TPSA) is 75.7 Å². The molecule has 0 spiro atoms. The van der Waals surface area contributed by atoms with Gasteiger partial charge in [-0.1, -0.05) is 18.2 Å². The zero-order valence-corrected chi connectivity index (χ0v) is 13.3. The number of benzene rings is 2. The van der Waals surface area contributed by atoms with Crippen LogP contribution in [0.1, 0.15) is 26.3 Å². The minimum atomic E-state index is -0.425. The number of carbonyl (C=O) groups excluding carboxylic acids is 3. The van der Waals surface area contributed by atoms with E-state index in [1.165, 1.54) is 7.05 Å². The van der Waals surface area contributed by atoms with Crippen LogP contribution in [0.3, 0.4) is 0 Å². The molecule has 3 rings (SSSR count). The predicted molar refractivity (Wildman–Crippen MR) is 88.2 cm³/mol. The van der Waals surface area contributed by atoms with E-state index in [0.717, 1.165) is 10.5 Å². The standard InChI is InChI=1S/C18H16N2O4/c1-11-5-3-6-12(9-11)24-10-15(21)19-14-8-4-7-13-16(14)18(23)20(2)17(13)22/h3-9H,10H2,1-2H3,(H,19,21). The van der Waals surface area contributed by atoms with Crippen LogP contribution in [-0.4, -0.2) is 36.3 Å². The minimum Gasteiger partial charge on any atom is -0.484 e. The third-order valence-corrected chi connectivity index (χ3v) is 3.75. The first-order valence-corrected chi connectivity index (χ1v) is 7.42. The van der Waals surface area contributed by atoms with E-state index in [4.69, 9.17) is 4.74 Å². The van der Waals surface area contributed by atoms with Crippen molar-refractivity contribution in [3.8, 4) is 5.75 Å². The third-order valence-electron chi connectivity index (χ3n) is 3.75. The molecule has 0 fully saturated rings. The van der Waals surface area contributed by atoms with Crippen molar-refractivity contribution in [1.29, 1.82) is 0 Å². The Morgan fingerprint density at radius 3 is 2.62 bits per heavy atom. The van der Waals surface area contributed by atoms with E-state index in [9.17, 15) is 14.4 Å². The number of rotatable bonds is 4. The maximum Gasteiger partial charge on any atom is 0.263 e. The second kappa shape index (κ2) is 6.16. The molecule has 122 valence electrons. The monoisotopic (exact) mass is 324 g/mol. The van der Waals surface area contributed by atoms with Gasteiger partial charge in [0, 0.05) is 7.05 Å². The van der Waals surface area contributed by atoms with Crippen molar-refractivity contribution in [2.45, 2.75) is 6.92 Å². The number of ether oxygens (including phenoxy) is 1. The maximum absolute atomic E-state index is 12.1. The van der Waals surface area contributed by atoms with Crippen molar-refractivity contribution in [3.63, 3.8) is 0 Å². The summed E-state index contributed by atoms with van der Waals surface area (Å²) in [7, 11) is 1.41. The van der Waals surface area contributed by atoms with Gasteiger partial charge in [-0.05, 0) is 36.8 Å². The number of anilines is 1. The van der Waals surface area contributed by atoms with Gasteiger partial charge >= 0.3 is 0 Å². The number of hydrogen-bond acceptors (Lipinski definition) is 4. The van der Waals surface area contributed by atoms with Crippen molar-refractivity contribution in [2.24, 2.45) is 0 Å². The Morgan fingerprint density at radius 2 is 1.88 bits per heavy atom. The largest absolute Gasteiger partial charge is 0.484 e. The number of amides is 3. The Hall–Kier alpha value is -3.15. The molecule has 0 unspecified atom stereocenters. The zero-order valence-electron chi connectivity index (χ0n) is 13.3. The Morgan fingerprint density at radius 1 is 1.12 bits per heavy atom. The Bertz CT molecular complexity index is 845. The van der Waals surface area contributed by atoms with Crippen LogP contribution >= 0.6 is 0 Å². The molecular weight excluding hydrogens is 308 g/mol. The fourth-order valence-corrected chi connectivity index (χ4v) is 2.55. The second-order valence-corrected chi connectivity index (χ2v) is 5.55. The fraction of sp³-hybridized carbons (Fsp3) is 0.167. The summed E-state index contributed by atoms with van der Waals surface area (Å²) in [5.74, 6) is -0.609. The Balaban J connectivity index is 1.72. The number of hydrogen-bond donors (Lipinski definition) is 1. The molecule has 1 aliphatic rings. The number of imide groups is 1. The zero-order chi connectivity index (χ0) is 17.3. The highest BCUT2D eigenvalue weighted by molar-refractivity contribution is 6.24. The molecule has 6 heteroatoms. The van der Waals surface area contributed by atoms with Crippen molar-refractivity contribution >= 4 is 23.4 Å². The molecule has 0 saturated heterocycles.